The van der Waals surface area contributed by atoms with Crippen LogP contribution in [-0.4, -0.2) is 21.7 Å². The standard InChI is InChI=1S/C23H23NO4S/c1-17-9-10-18(2)20(13-17)16-28-22-12-11-19(14-23(22)27-3)15-24-29(25,26)21-7-5-4-6-8-21/h4-15H,16H2,1-3H3/b24-15-. The number of sulfonamides is 1. The van der Waals surface area contributed by atoms with Gasteiger partial charge in [0.15, 0.2) is 11.5 Å². The molecule has 0 amide bonds. The van der Waals surface area contributed by atoms with Gasteiger partial charge < -0.3 is 9.47 Å². The van der Waals surface area contributed by atoms with Gasteiger partial charge in [0.25, 0.3) is 10.0 Å². The van der Waals surface area contributed by atoms with E-state index in [0.717, 1.165) is 11.1 Å². The van der Waals surface area contributed by atoms with Gasteiger partial charge in [-0.2, -0.15) is 12.8 Å². The van der Waals surface area contributed by atoms with Crippen LogP contribution in [0, 0.1) is 13.8 Å². The van der Waals surface area contributed by atoms with Crippen LogP contribution >= 0.6 is 0 Å². The first-order valence-corrected chi connectivity index (χ1v) is 10.6. The average molecular weight is 410 g/mol. The Morgan fingerprint density at radius 3 is 2.41 bits per heavy atom. The Morgan fingerprint density at radius 2 is 1.69 bits per heavy atom. The van der Waals surface area contributed by atoms with Gasteiger partial charge >= 0.3 is 0 Å². The van der Waals surface area contributed by atoms with Crippen LogP contribution in [0.2, 0.25) is 0 Å². The van der Waals surface area contributed by atoms with Crippen molar-refractivity contribution in [2.75, 3.05) is 7.11 Å². The lowest BCUT2D eigenvalue weighted by Crippen LogP contribution is -2.01. The summed E-state index contributed by atoms with van der Waals surface area (Å²) in [6.07, 6.45) is 1.30. The highest BCUT2D eigenvalue weighted by atomic mass is 32.2. The molecule has 0 aliphatic rings. The quantitative estimate of drug-likeness (QED) is 0.531. The lowest BCUT2D eigenvalue weighted by Gasteiger charge is -2.13. The highest BCUT2D eigenvalue weighted by molar-refractivity contribution is 7.90. The second kappa shape index (κ2) is 8.92. The van der Waals surface area contributed by atoms with Crippen molar-refractivity contribution in [2.45, 2.75) is 25.3 Å². The molecule has 3 aromatic rings. The summed E-state index contributed by atoms with van der Waals surface area (Å²) in [5.74, 6) is 1.09. The summed E-state index contributed by atoms with van der Waals surface area (Å²) in [7, 11) is -2.20. The zero-order valence-corrected chi connectivity index (χ0v) is 17.4. The molecule has 0 saturated heterocycles. The second-order valence-electron chi connectivity index (χ2n) is 6.65. The molecule has 150 valence electrons. The van der Waals surface area contributed by atoms with E-state index in [-0.39, 0.29) is 4.90 Å². The molecule has 0 N–H and O–H groups in total. The average Bonchev–Trinajstić information content (AvgIpc) is 2.74. The minimum atomic E-state index is -3.75. The number of hydrogen-bond acceptors (Lipinski definition) is 4. The molecule has 0 spiro atoms. The molecule has 0 aromatic heterocycles. The number of benzene rings is 3. The number of hydrogen-bond donors (Lipinski definition) is 0. The summed E-state index contributed by atoms with van der Waals surface area (Å²) in [6, 6.07) is 19.5. The minimum absolute atomic E-state index is 0.150. The van der Waals surface area contributed by atoms with Crippen LogP contribution in [0.1, 0.15) is 22.3 Å². The molecule has 0 heterocycles. The van der Waals surface area contributed by atoms with Gasteiger partial charge in [0.2, 0.25) is 0 Å². The molecular weight excluding hydrogens is 386 g/mol. The maximum Gasteiger partial charge on any atom is 0.282 e. The van der Waals surface area contributed by atoms with Crippen molar-refractivity contribution in [3.05, 3.63) is 89.0 Å². The zero-order chi connectivity index (χ0) is 20.9. The van der Waals surface area contributed by atoms with E-state index in [0.29, 0.717) is 23.7 Å². The number of methoxy groups -OCH3 is 1. The SMILES string of the molecule is COc1cc(/C=N\S(=O)(=O)c2ccccc2)ccc1OCc1cc(C)ccc1C. The van der Waals surface area contributed by atoms with E-state index < -0.39 is 10.0 Å². The maximum absolute atomic E-state index is 12.3. The molecule has 0 saturated carbocycles. The molecule has 0 aliphatic carbocycles. The molecule has 0 bridgehead atoms. The molecule has 3 rings (SSSR count). The fourth-order valence-electron chi connectivity index (χ4n) is 2.78. The van der Waals surface area contributed by atoms with E-state index in [2.05, 4.69) is 22.6 Å². The Kier molecular flexibility index (Phi) is 6.34. The normalized spacial score (nSPS) is 11.6. The minimum Gasteiger partial charge on any atom is -0.493 e. The first-order valence-electron chi connectivity index (χ1n) is 9.11. The van der Waals surface area contributed by atoms with Gasteiger partial charge in [0, 0.05) is 6.21 Å². The number of rotatable bonds is 7. The molecule has 29 heavy (non-hydrogen) atoms. The molecule has 0 unspecified atom stereocenters. The van der Waals surface area contributed by atoms with Crippen molar-refractivity contribution < 1.29 is 17.9 Å². The van der Waals surface area contributed by atoms with Crippen molar-refractivity contribution in [1.29, 1.82) is 0 Å². The smallest absolute Gasteiger partial charge is 0.282 e. The summed E-state index contributed by atoms with van der Waals surface area (Å²) in [5, 5.41) is 0. The lowest BCUT2D eigenvalue weighted by atomic mass is 10.1. The Morgan fingerprint density at radius 1 is 0.931 bits per heavy atom. The summed E-state index contributed by atoms with van der Waals surface area (Å²) in [6.45, 7) is 4.50. The highest BCUT2D eigenvalue weighted by Crippen LogP contribution is 2.29. The monoisotopic (exact) mass is 409 g/mol. The van der Waals surface area contributed by atoms with Crippen molar-refractivity contribution in [3.63, 3.8) is 0 Å². The third-order valence-corrected chi connectivity index (χ3v) is 5.71. The van der Waals surface area contributed by atoms with Gasteiger partial charge in [0.1, 0.15) is 6.61 Å². The molecule has 0 atom stereocenters. The first-order chi connectivity index (χ1) is 13.9. The Labute approximate surface area is 171 Å². The third-order valence-electron chi connectivity index (χ3n) is 4.46. The van der Waals surface area contributed by atoms with E-state index in [1.165, 1.54) is 23.9 Å². The second-order valence-corrected chi connectivity index (χ2v) is 8.28. The van der Waals surface area contributed by atoms with Gasteiger partial charge in [-0.3, -0.25) is 0 Å². The van der Waals surface area contributed by atoms with E-state index in [4.69, 9.17) is 9.47 Å². The number of nitrogens with zero attached hydrogens (tertiary/aromatic N) is 1. The number of ether oxygens (including phenoxy) is 2. The predicted molar refractivity (Wildman–Crippen MR) is 114 cm³/mol. The van der Waals surface area contributed by atoms with Crippen molar-refractivity contribution in [3.8, 4) is 11.5 Å². The molecule has 0 radical (unpaired) electrons. The van der Waals surface area contributed by atoms with Gasteiger partial charge in [-0.1, -0.05) is 42.0 Å². The summed E-state index contributed by atoms with van der Waals surface area (Å²) >= 11 is 0. The molecule has 5 nitrogen and oxygen atoms in total. The largest absolute Gasteiger partial charge is 0.493 e. The van der Waals surface area contributed by atoms with E-state index >= 15 is 0 Å². The van der Waals surface area contributed by atoms with Crippen LogP contribution in [0.3, 0.4) is 0 Å². The van der Waals surface area contributed by atoms with Crippen LogP contribution in [-0.2, 0) is 16.6 Å². The fraction of sp³-hybridized carbons (Fsp3) is 0.174. The van der Waals surface area contributed by atoms with Crippen LogP contribution < -0.4 is 9.47 Å². The van der Waals surface area contributed by atoms with Crippen molar-refractivity contribution >= 4 is 16.2 Å². The summed E-state index contributed by atoms with van der Waals surface area (Å²) in [4.78, 5) is 0.150. The third kappa shape index (κ3) is 5.23. The van der Waals surface area contributed by atoms with E-state index in [1.807, 2.05) is 13.8 Å². The Hall–Kier alpha value is -3.12. The van der Waals surface area contributed by atoms with Crippen LogP contribution in [0.25, 0.3) is 0 Å². The molecule has 0 fully saturated rings. The molecular formula is C23H23NO4S. The van der Waals surface area contributed by atoms with E-state index in [1.54, 1.807) is 43.5 Å². The predicted octanol–water partition coefficient (Wildman–Crippen LogP) is 4.70. The summed E-state index contributed by atoms with van der Waals surface area (Å²) < 4.78 is 39.7. The topological polar surface area (TPSA) is 65.0 Å². The van der Waals surface area contributed by atoms with Gasteiger partial charge in [0.05, 0.1) is 12.0 Å². The van der Waals surface area contributed by atoms with Crippen molar-refractivity contribution in [2.24, 2.45) is 4.40 Å². The van der Waals surface area contributed by atoms with Crippen LogP contribution in [0.15, 0.2) is 76.0 Å². The number of aryl methyl sites for hydroxylation is 2. The first kappa shape index (κ1) is 20.6. The van der Waals surface area contributed by atoms with E-state index in [9.17, 15) is 8.42 Å². The van der Waals surface area contributed by atoms with Gasteiger partial charge in [-0.15, -0.1) is 0 Å². The lowest BCUT2D eigenvalue weighted by molar-refractivity contribution is 0.284. The molecule has 6 heteroatoms. The summed E-state index contributed by atoms with van der Waals surface area (Å²) in [5.41, 5.74) is 4.03. The van der Waals surface area contributed by atoms with Gasteiger partial charge in [-0.25, -0.2) is 0 Å². The van der Waals surface area contributed by atoms with Crippen molar-refractivity contribution in [1.82, 2.24) is 0 Å². The van der Waals surface area contributed by atoms with Crippen LogP contribution in [0.5, 0.6) is 11.5 Å². The maximum atomic E-state index is 12.3. The highest BCUT2D eigenvalue weighted by Gasteiger charge is 2.11. The fourth-order valence-corrected chi connectivity index (χ4v) is 3.66. The van der Waals surface area contributed by atoms with Gasteiger partial charge in [-0.05, 0) is 60.9 Å². The zero-order valence-electron chi connectivity index (χ0n) is 16.6. The Bertz CT molecular complexity index is 1120. The Balaban J connectivity index is 1.77. The van der Waals surface area contributed by atoms with Crippen LogP contribution in [0.4, 0.5) is 0 Å². The molecule has 0 aliphatic heterocycles. The molecule has 3 aromatic carbocycles.